The summed E-state index contributed by atoms with van der Waals surface area (Å²) in [6.07, 6.45) is 0.245. The van der Waals surface area contributed by atoms with E-state index in [1.165, 1.54) is 24.1 Å². The summed E-state index contributed by atoms with van der Waals surface area (Å²) in [5, 5.41) is 2.98. The minimum absolute atomic E-state index is 0.0399. The van der Waals surface area contributed by atoms with Crippen molar-refractivity contribution in [2.24, 2.45) is 0 Å². The molecule has 242 valence electrons. The highest BCUT2D eigenvalue weighted by molar-refractivity contribution is 7.92. The predicted octanol–water partition coefficient (Wildman–Crippen LogP) is 5.98. The SMILES string of the molecule is COc1ccc(C)cc1N(CC(=O)N(Cc1cccc(C)c1)C(Cc1ccccc1)C(=O)NC(C)C)S(=O)(=O)c1ccc(C)cc1. The Kier molecular flexibility index (Phi) is 11.2. The van der Waals surface area contributed by atoms with Crippen molar-refractivity contribution in [3.05, 3.63) is 125 Å². The lowest BCUT2D eigenvalue weighted by atomic mass is 10.0. The largest absolute Gasteiger partial charge is 0.495 e. The molecule has 0 saturated carbocycles. The number of nitrogens with zero attached hydrogens (tertiary/aromatic N) is 2. The van der Waals surface area contributed by atoms with Gasteiger partial charge in [0, 0.05) is 19.0 Å². The van der Waals surface area contributed by atoms with E-state index in [1.807, 2.05) is 95.3 Å². The topological polar surface area (TPSA) is 96.0 Å². The van der Waals surface area contributed by atoms with Crippen LogP contribution in [0.3, 0.4) is 0 Å². The fraction of sp³-hybridized carbons (Fsp3) is 0.297. The molecule has 0 spiro atoms. The second-order valence-electron chi connectivity index (χ2n) is 11.9. The highest BCUT2D eigenvalue weighted by Crippen LogP contribution is 2.34. The van der Waals surface area contributed by atoms with Crippen molar-refractivity contribution in [3.8, 4) is 5.75 Å². The highest BCUT2D eigenvalue weighted by Gasteiger charge is 2.35. The molecular formula is C37H43N3O5S. The third-order valence-corrected chi connectivity index (χ3v) is 9.40. The van der Waals surface area contributed by atoms with E-state index in [-0.39, 0.29) is 35.5 Å². The Bertz CT molecular complexity index is 1760. The number of carbonyl (C=O) groups excluding carboxylic acids is 2. The molecule has 0 aromatic heterocycles. The number of rotatable bonds is 13. The van der Waals surface area contributed by atoms with E-state index in [2.05, 4.69) is 5.32 Å². The van der Waals surface area contributed by atoms with Crippen LogP contribution in [0.5, 0.6) is 5.75 Å². The first kappa shape index (κ1) is 34.2. The smallest absolute Gasteiger partial charge is 0.264 e. The van der Waals surface area contributed by atoms with Crippen LogP contribution in [0.1, 0.15) is 41.7 Å². The van der Waals surface area contributed by atoms with Crippen LogP contribution in [0.4, 0.5) is 5.69 Å². The van der Waals surface area contributed by atoms with Crippen molar-refractivity contribution in [1.82, 2.24) is 10.2 Å². The number of hydrogen-bond acceptors (Lipinski definition) is 5. The maximum Gasteiger partial charge on any atom is 0.264 e. The van der Waals surface area contributed by atoms with Crippen LogP contribution in [-0.4, -0.2) is 50.9 Å². The number of nitrogens with one attached hydrogen (secondary N) is 1. The third kappa shape index (κ3) is 8.54. The quantitative estimate of drug-likeness (QED) is 0.194. The molecule has 8 nitrogen and oxygen atoms in total. The molecule has 9 heteroatoms. The summed E-state index contributed by atoms with van der Waals surface area (Å²) in [4.78, 5) is 30.0. The Balaban J connectivity index is 1.86. The number of carbonyl (C=O) groups is 2. The lowest BCUT2D eigenvalue weighted by Crippen LogP contribution is -2.54. The fourth-order valence-electron chi connectivity index (χ4n) is 5.29. The van der Waals surface area contributed by atoms with Crippen molar-refractivity contribution in [1.29, 1.82) is 0 Å². The van der Waals surface area contributed by atoms with Crippen LogP contribution in [0, 0.1) is 20.8 Å². The Morgan fingerprint density at radius 1 is 0.783 bits per heavy atom. The van der Waals surface area contributed by atoms with Crippen molar-refractivity contribution in [2.75, 3.05) is 18.0 Å². The van der Waals surface area contributed by atoms with Crippen molar-refractivity contribution in [3.63, 3.8) is 0 Å². The number of anilines is 1. The van der Waals surface area contributed by atoms with Gasteiger partial charge < -0.3 is 15.0 Å². The van der Waals surface area contributed by atoms with Crippen LogP contribution >= 0.6 is 0 Å². The van der Waals surface area contributed by atoms with Crippen molar-refractivity contribution < 1.29 is 22.7 Å². The van der Waals surface area contributed by atoms with E-state index in [0.29, 0.717) is 5.75 Å². The summed E-state index contributed by atoms with van der Waals surface area (Å²) in [6, 6.07) is 27.8. The standard InChI is InChI=1S/C37H43N3O5S/c1-26(2)38-37(42)34(23-30-12-8-7-9-13-30)39(24-31-14-10-11-28(4)21-31)36(41)25-40(33-22-29(5)17-20-35(33)45-6)46(43,44)32-18-15-27(3)16-19-32/h7-22,26,34H,23-25H2,1-6H3,(H,38,42). The van der Waals surface area contributed by atoms with Crippen LogP contribution in [0.2, 0.25) is 0 Å². The van der Waals surface area contributed by atoms with E-state index in [4.69, 9.17) is 4.74 Å². The van der Waals surface area contributed by atoms with E-state index >= 15 is 0 Å². The molecule has 0 heterocycles. The zero-order chi connectivity index (χ0) is 33.4. The molecule has 46 heavy (non-hydrogen) atoms. The summed E-state index contributed by atoms with van der Waals surface area (Å²) in [7, 11) is -2.79. The fourth-order valence-corrected chi connectivity index (χ4v) is 6.70. The number of sulfonamides is 1. The first-order valence-electron chi connectivity index (χ1n) is 15.3. The van der Waals surface area contributed by atoms with Crippen LogP contribution in [0.15, 0.2) is 102 Å². The van der Waals surface area contributed by atoms with Gasteiger partial charge in [-0.2, -0.15) is 0 Å². The van der Waals surface area contributed by atoms with Gasteiger partial charge in [-0.3, -0.25) is 13.9 Å². The van der Waals surface area contributed by atoms with Gasteiger partial charge in [0.1, 0.15) is 18.3 Å². The molecule has 0 fully saturated rings. The first-order chi connectivity index (χ1) is 21.9. The molecule has 4 aromatic rings. The highest BCUT2D eigenvalue weighted by atomic mass is 32.2. The van der Waals surface area contributed by atoms with Gasteiger partial charge in [-0.1, -0.05) is 83.9 Å². The van der Waals surface area contributed by atoms with Gasteiger partial charge >= 0.3 is 0 Å². The average Bonchev–Trinajstić information content (AvgIpc) is 3.01. The lowest BCUT2D eigenvalue weighted by Gasteiger charge is -2.34. The normalized spacial score (nSPS) is 12.0. The van der Waals surface area contributed by atoms with E-state index in [1.54, 1.807) is 24.3 Å². The molecule has 0 aliphatic rings. The summed E-state index contributed by atoms with van der Waals surface area (Å²) in [5.74, 6) is -0.542. The summed E-state index contributed by atoms with van der Waals surface area (Å²) in [6.45, 7) is 8.96. The second kappa shape index (κ2) is 15.1. The summed E-state index contributed by atoms with van der Waals surface area (Å²) in [5.41, 5.74) is 4.63. The lowest BCUT2D eigenvalue weighted by molar-refractivity contribution is -0.140. The maximum absolute atomic E-state index is 14.7. The number of amides is 2. The van der Waals surface area contributed by atoms with Crippen molar-refractivity contribution in [2.45, 2.75) is 64.6 Å². The maximum atomic E-state index is 14.7. The van der Waals surface area contributed by atoms with Gasteiger partial charge in [0.05, 0.1) is 17.7 Å². The molecule has 0 radical (unpaired) electrons. The Labute approximate surface area is 273 Å². The number of ether oxygens (including phenoxy) is 1. The van der Waals surface area contributed by atoms with Gasteiger partial charge in [-0.15, -0.1) is 0 Å². The molecule has 0 saturated heterocycles. The monoisotopic (exact) mass is 641 g/mol. The Morgan fingerprint density at radius 2 is 1.41 bits per heavy atom. The zero-order valence-corrected chi connectivity index (χ0v) is 28.2. The van der Waals surface area contributed by atoms with Crippen LogP contribution in [0.25, 0.3) is 0 Å². The first-order valence-corrected chi connectivity index (χ1v) is 16.8. The summed E-state index contributed by atoms with van der Waals surface area (Å²) < 4.78 is 35.4. The van der Waals surface area contributed by atoms with Gasteiger partial charge in [-0.05, 0) is 75.6 Å². The number of benzene rings is 4. The Morgan fingerprint density at radius 3 is 2.04 bits per heavy atom. The van der Waals surface area contributed by atoms with Gasteiger partial charge in [0.2, 0.25) is 11.8 Å². The molecule has 4 aromatic carbocycles. The predicted molar refractivity (Wildman–Crippen MR) is 182 cm³/mol. The minimum atomic E-state index is -4.25. The molecule has 0 aliphatic carbocycles. The van der Waals surface area contributed by atoms with Gasteiger partial charge in [0.25, 0.3) is 10.0 Å². The second-order valence-corrected chi connectivity index (χ2v) is 13.7. The molecular weight excluding hydrogens is 598 g/mol. The van der Waals surface area contributed by atoms with E-state index in [0.717, 1.165) is 32.1 Å². The van der Waals surface area contributed by atoms with Gasteiger partial charge in [-0.25, -0.2) is 8.42 Å². The average molecular weight is 642 g/mol. The molecule has 1 N–H and O–H groups in total. The third-order valence-electron chi connectivity index (χ3n) is 7.63. The molecule has 1 unspecified atom stereocenters. The van der Waals surface area contributed by atoms with Crippen LogP contribution in [-0.2, 0) is 32.6 Å². The van der Waals surface area contributed by atoms with Crippen molar-refractivity contribution >= 4 is 27.5 Å². The van der Waals surface area contributed by atoms with E-state index < -0.39 is 28.5 Å². The van der Waals surface area contributed by atoms with Crippen LogP contribution < -0.4 is 14.4 Å². The minimum Gasteiger partial charge on any atom is -0.495 e. The van der Waals surface area contributed by atoms with Gasteiger partial charge in [0.15, 0.2) is 0 Å². The zero-order valence-electron chi connectivity index (χ0n) is 27.4. The number of methoxy groups -OCH3 is 1. The molecule has 4 rings (SSSR count). The molecule has 2 amide bonds. The molecule has 1 atom stereocenters. The Hall–Kier alpha value is -4.63. The number of aryl methyl sites for hydroxylation is 3. The summed E-state index contributed by atoms with van der Waals surface area (Å²) >= 11 is 0. The molecule has 0 aliphatic heterocycles. The number of hydrogen-bond donors (Lipinski definition) is 1. The molecule has 0 bridgehead atoms. The van der Waals surface area contributed by atoms with E-state index in [9.17, 15) is 18.0 Å².